The van der Waals surface area contributed by atoms with E-state index in [0.29, 0.717) is 5.92 Å². The molecule has 2 heteroatoms. The van der Waals surface area contributed by atoms with Crippen LogP contribution in [0.5, 0.6) is 0 Å². The summed E-state index contributed by atoms with van der Waals surface area (Å²) in [5.41, 5.74) is 5.26. The number of ketones is 1. The van der Waals surface area contributed by atoms with Crippen molar-refractivity contribution in [3.8, 4) is 0 Å². The molecule has 0 bridgehead atoms. The standard InChI is InChI=1S/C22H25NO/c1-15(2)16-9-11-17(12-10-16)21(24)13-20-19-8-6-5-7-18(19)14-22(3,4)23-20/h5-13,15,23H,14H2,1-4H3/b20-13-. The van der Waals surface area contributed by atoms with Crippen molar-refractivity contribution >= 4 is 11.5 Å². The zero-order valence-electron chi connectivity index (χ0n) is 14.9. The van der Waals surface area contributed by atoms with Gasteiger partial charge in [-0.25, -0.2) is 0 Å². The number of nitrogens with one attached hydrogen (secondary N) is 1. The molecule has 0 aliphatic carbocycles. The van der Waals surface area contributed by atoms with E-state index >= 15 is 0 Å². The third-order valence-corrected chi connectivity index (χ3v) is 4.55. The van der Waals surface area contributed by atoms with Crippen molar-refractivity contribution in [1.82, 2.24) is 5.32 Å². The van der Waals surface area contributed by atoms with Gasteiger partial charge in [0.05, 0.1) is 0 Å². The van der Waals surface area contributed by atoms with Crippen LogP contribution in [0, 0.1) is 0 Å². The Morgan fingerprint density at radius 2 is 1.75 bits per heavy atom. The van der Waals surface area contributed by atoms with Crippen molar-refractivity contribution in [3.05, 3.63) is 76.9 Å². The fraction of sp³-hybridized carbons (Fsp3) is 0.318. The van der Waals surface area contributed by atoms with E-state index in [0.717, 1.165) is 23.2 Å². The third-order valence-electron chi connectivity index (χ3n) is 4.55. The van der Waals surface area contributed by atoms with Gasteiger partial charge in [0.25, 0.3) is 0 Å². The van der Waals surface area contributed by atoms with Gasteiger partial charge >= 0.3 is 0 Å². The molecule has 0 amide bonds. The zero-order valence-corrected chi connectivity index (χ0v) is 14.9. The summed E-state index contributed by atoms with van der Waals surface area (Å²) >= 11 is 0. The lowest BCUT2D eigenvalue weighted by Gasteiger charge is -2.35. The molecule has 24 heavy (non-hydrogen) atoms. The van der Waals surface area contributed by atoms with E-state index in [9.17, 15) is 4.79 Å². The van der Waals surface area contributed by atoms with Crippen LogP contribution in [-0.2, 0) is 6.42 Å². The Balaban J connectivity index is 1.94. The smallest absolute Gasteiger partial charge is 0.187 e. The first-order valence-electron chi connectivity index (χ1n) is 8.58. The van der Waals surface area contributed by atoms with Crippen molar-refractivity contribution in [3.63, 3.8) is 0 Å². The van der Waals surface area contributed by atoms with E-state index < -0.39 is 0 Å². The average molecular weight is 319 g/mol. The highest BCUT2D eigenvalue weighted by atomic mass is 16.1. The highest BCUT2D eigenvalue weighted by molar-refractivity contribution is 6.08. The van der Waals surface area contributed by atoms with Gasteiger partial charge in [0, 0.05) is 28.4 Å². The van der Waals surface area contributed by atoms with Crippen molar-refractivity contribution < 1.29 is 4.79 Å². The maximum atomic E-state index is 12.7. The molecule has 1 N–H and O–H groups in total. The van der Waals surface area contributed by atoms with Crippen LogP contribution < -0.4 is 5.32 Å². The predicted octanol–water partition coefficient (Wildman–Crippen LogP) is 4.96. The van der Waals surface area contributed by atoms with Gasteiger partial charge in [0.15, 0.2) is 5.78 Å². The molecular formula is C22H25NO. The Morgan fingerprint density at radius 3 is 2.42 bits per heavy atom. The Morgan fingerprint density at radius 1 is 1.08 bits per heavy atom. The lowest BCUT2D eigenvalue weighted by atomic mass is 9.85. The Kier molecular flexibility index (Phi) is 4.31. The predicted molar refractivity (Wildman–Crippen MR) is 100 cm³/mol. The number of carbonyl (C=O) groups is 1. The fourth-order valence-electron chi connectivity index (χ4n) is 3.25. The molecule has 1 aliphatic heterocycles. The summed E-state index contributed by atoms with van der Waals surface area (Å²) in [6, 6.07) is 16.2. The molecule has 0 radical (unpaired) electrons. The second-order valence-electron chi connectivity index (χ2n) is 7.54. The van der Waals surface area contributed by atoms with Crippen molar-refractivity contribution in [2.24, 2.45) is 0 Å². The van der Waals surface area contributed by atoms with Crippen LogP contribution in [-0.4, -0.2) is 11.3 Å². The van der Waals surface area contributed by atoms with E-state index in [2.05, 4.69) is 51.2 Å². The van der Waals surface area contributed by atoms with Crippen molar-refractivity contribution in [1.29, 1.82) is 0 Å². The molecule has 0 unspecified atom stereocenters. The maximum absolute atomic E-state index is 12.7. The first-order valence-corrected chi connectivity index (χ1v) is 8.58. The molecule has 0 aromatic heterocycles. The number of carbonyl (C=O) groups excluding carboxylic acids is 1. The molecule has 2 aromatic rings. The lowest BCUT2D eigenvalue weighted by molar-refractivity contribution is 0.104. The molecule has 0 fully saturated rings. The minimum Gasteiger partial charge on any atom is -0.379 e. The summed E-state index contributed by atoms with van der Waals surface area (Å²) in [6.45, 7) is 8.64. The first kappa shape index (κ1) is 16.5. The Hall–Kier alpha value is -2.35. The molecule has 1 heterocycles. The van der Waals surface area contributed by atoms with Gasteiger partial charge in [-0.2, -0.15) is 0 Å². The summed E-state index contributed by atoms with van der Waals surface area (Å²) < 4.78 is 0. The van der Waals surface area contributed by atoms with Gasteiger partial charge in [-0.05, 0) is 37.3 Å². The molecule has 0 atom stereocenters. The first-order chi connectivity index (χ1) is 11.4. The van der Waals surface area contributed by atoms with E-state index in [1.54, 1.807) is 6.08 Å². The summed E-state index contributed by atoms with van der Waals surface area (Å²) in [7, 11) is 0. The van der Waals surface area contributed by atoms with E-state index in [1.165, 1.54) is 11.1 Å². The molecule has 0 spiro atoms. The minimum absolute atomic E-state index is 0.0420. The van der Waals surface area contributed by atoms with Crippen LogP contribution in [0.3, 0.4) is 0 Å². The van der Waals surface area contributed by atoms with Gasteiger partial charge in [-0.15, -0.1) is 0 Å². The maximum Gasteiger partial charge on any atom is 0.187 e. The fourth-order valence-corrected chi connectivity index (χ4v) is 3.25. The molecule has 2 nitrogen and oxygen atoms in total. The quantitative estimate of drug-likeness (QED) is 0.640. The monoisotopic (exact) mass is 319 g/mol. The number of hydrogen-bond donors (Lipinski definition) is 1. The molecule has 3 rings (SSSR count). The van der Waals surface area contributed by atoms with E-state index in [4.69, 9.17) is 0 Å². The number of fused-ring (bicyclic) bond motifs is 1. The van der Waals surface area contributed by atoms with Crippen LogP contribution in [0.4, 0.5) is 0 Å². The van der Waals surface area contributed by atoms with Crippen molar-refractivity contribution in [2.45, 2.75) is 45.6 Å². The topological polar surface area (TPSA) is 29.1 Å². The van der Waals surface area contributed by atoms with Crippen LogP contribution in [0.25, 0.3) is 5.70 Å². The largest absolute Gasteiger partial charge is 0.379 e. The zero-order chi connectivity index (χ0) is 17.3. The number of hydrogen-bond acceptors (Lipinski definition) is 2. The van der Waals surface area contributed by atoms with Gasteiger partial charge in [0.1, 0.15) is 0 Å². The second-order valence-corrected chi connectivity index (χ2v) is 7.54. The van der Waals surface area contributed by atoms with E-state index in [-0.39, 0.29) is 11.3 Å². The average Bonchev–Trinajstić information content (AvgIpc) is 2.53. The van der Waals surface area contributed by atoms with Crippen LogP contribution in [0.15, 0.2) is 54.6 Å². The van der Waals surface area contributed by atoms with Crippen LogP contribution >= 0.6 is 0 Å². The van der Waals surface area contributed by atoms with Gasteiger partial charge in [-0.1, -0.05) is 62.4 Å². The highest BCUT2D eigenvalue weighted by Crippen LogP contribution is 2.29. The highest BCUT2D eigenvalue weighted by Gasteiger charge is 2.27. The SMILES string of the molecule is CC(C)c1ccc(C(=O)/C=C2\NC(C)(C)Cc3ccccc32)cc1. The van der Waals surface area contributed by atoms with Gasteiger partial charge in [-0.3, -0.25) is 4.79 Å². The summed E-state index contributed by atoms with van der Waals surface area (Å²) in [6.07, 6.45) is 2.70. The minimum atomic E-state index is -0.0536. The third kappa shape index (κ3) is 3.43. The molecule has 0 saturated carbocycles. The molecular weight excluding hydrogens is 294 g/mol. The molecule has 0 saturated heterocycles. The van der Waals surface area contributed by atoms with Gasteiger partial charge < -0.3 is 5.32 Å². The molecule has 2 aromatic carbocycles. The Labute approximate surface area is 144 Å². The van der Waals surface area contributed by atoms with Crippen LogP contribution in [0.1, 0.15) is 60.7 Å². The Bertz CT molecular complexity index is 782. The summed E-state index contributed by atoms with van der Waals surface area (Å²) in [5.74, 6) is 0.514. The summed E-state index contributed by atoms with van der Waals surface area (Å²) in [5, 5.41) is 3.52. The van der Waals surface area contributed by atoms with E-state index in [1.807, 2.05) is 30.3 Å². The molecule has 1 aliphatic rings. The second kappa shape index (κ2) is 6.27. The van der Waals surface area contributed by atoms with Gasteiger partial charge in [0.2, 0.25) is 0 Å². The van der Waals surface area contributed by atoms with Crippen molar-refractivity contribution in [2.75, 3.05) is 0 Å². The lowest BCUT2D eigenvalue weighted by Crippen LogP contribution is -2.43. The normalized spacial score (nSPS) is 17.5. The number of benzene rings is 2. The molecule has 124 valence electrons. The number of allylic oxidation sites excluding steroid dienone is 1. The number of rotatable bonds is 3. The summed E-state index contributed by atoms with van der Waals surface area (Å²) in [4.78, 5) is 12.7. The van der Waals surface area contributed by atoms with Crippen LogP contribution in [0.2, 0.25) is 0 Å².